The summed E-state index contributed by atoms with van der Waals surface area (Å²) in [6, 6.07) is 6.50. The van der Waals surface area contributed by atoms with Crippen LogP contribution in [0.3, 0.4) is 0 Å². The lowest BCUT2D eigenvalue weighted by atomic mass is 10.1. The Bertz CT molecular complexity index is 586. The Morgan fingerprint density at radius 1 is 1.25 bits per heavy atom. The molecule has 0 spiro atoms. The van der Waals surface area contributed by atoms with Crippen molar-refractivity contribution in [3.05, 3.63) is 40.7 Å². The molecule has 1 aromatic carbocycles. The van der Waals surface area contributed by atoms with Gasteiger partial charge < -0.3 is 9.64 Å². The first-order valence-electron chi connectivity index (χ1n) is 6.58. The van der Waals surface area contributed by atoms with Gasteiger partial charge in [-0.25, -0.2) is 4.39 Å². The first-order chi connectivity index (χ1) is 9.61. The highest BCUT2D eigenvalue weighted by atomic mass is 32.1. The predicted molar refractivity (Wildman–Crippen MR) is 76.5 cm³/mol. The first kappa shape index (κ1) is 13.5. The number of rotatable bonds is 2. The van der Waals surface area contributed by atoms with Crippen LogP contribution in [0, 0.1) is 12.7 Å². The minimum atomic E-state index is -0.228. The van der Waals surface area contributed by atoms with E-state index in [2.05, 4.69) is 15.1 Å². The molecule has 0 saturated carbocycles. The maximum Gasteiger partial charge on any atom is 0.208 e. The lowest BCUT2D eigenvalue weighted by Crippen LogP contribution is -2.42. The zero-order valence-electron chi connectivity index (χ0n) is 11.4. The highest BCUT2D eigenvalue weighted by Gasteiger charge is 2.28. The summed E-state index contributed by atoms with van der Waals surface area (Å²) >= 11 is 1.58. The average molecular weight is 293 g/mol. The predicted octanol–water partition coefficient (Wildman–Crippen LogP) is 2.95. The van der Waals surface area contributed by atoms with Crippen molar-refractivity contribution in [3.8, 4) is 0 Å². The third kappa shape index (κ3) is 2.81. The highest BCUT2D eigenvalue weighted by molar-refractivity contribution is 7.15. The van der Waals surface area contributed by atoms with Gasteiger partial charge in [0.2, 0.25) is 5.13 Å². The number of hydrogen-bond donors (Lipinski definition) is 0. The van der Waals surface area contributed by atoms with Crippen molar-refractivity contribution in [2.45, 2.75) is 26.1 Å². The second-order valence-electron chi connectivity index (χ2n) is 5.00. The van der Waals surface area contributed by atoms with Crippen molar-refractivity contribution >= 4 is 16.5 Å². The van der Waals surface area contributed by atoms with Crippen LogP contribution in [-0.2, 0) is 4.74 Å². The number of aryl methyl sites for hydroxylation is 1. The third-order valence-corrected chi connectivity index (χ3v) is 4.19. The Morgan fingerprint density at radius 3 is 2.65 bits per heavy atom. The Kier molecular flexibility index (Phi) is 3.67. The molecule has 0 radical (unpaired) electrons. The summed E-state index contributed by atoms with van der Waals surface area (Å²) in [4.78, 5) is 2.19. The fourth-order valence-electron chi connectivity index (χ4n) is 2.38. The van der Waals surface area contributed by atoms with Crippen LogP contribution in [0.15, 0.2) is 24.3 Å². The van der Waals surface area contributed by atoms with Gasteiger partial charge in [-0.1, -0.05) is 23.5 Å². The summed E-state index contributed by atoms with van der Waals surface area (Å²) in [5.74, 6) is -0.228. The molecule has 2 atom stereocenters. The number of nitrogens with zero attached hydrogens (tertiary/aromatic N) is 3. The van der Waals surface area contributed by atoms with E-state index in [1.54, 1.807) is 23.5 Å². The summed E-state index contributed by atoms with van der Waals surface area (Å²) in [5.41, 5.74) is 0.990. The largest absolute Gasteiger partial charge is 0.367 e. The molecule has 3 rings (SSSR count). The van der Waals surface area contributed by atoms with E-state index in [1.165, 1.54) is 12.1 Å². The van der Waals surface area contributed by atoms with Crippen molar-refractivity contribution in [3.63, 3.8) is 0 Å². The minimum Gasteiger partial charge on any atom is -0.367 e. The zero-order chi connectivity index (χ0) is 14.1. The lowest BCUT2D eigenvalue weighted by Gasteiger charge is -2.36. The van der Waals surface area contributed by atoms with Gasteiger partial charge in [-0.15, -0.1) is 10.2 Å². The van der Waals surface area contributed by atoms with E-state index in [-0.39, 0.29) is 18.0 Å². The van der Waals surface area contributed by atoms with Crippen molar-refractivity contribution in [2.24, 2.45) is 0 Å². The summed E-state index contributed by atoms with van der Waals surface area (Å²) in [5, 5.41) is 10.1. The van der Waals surface area contributed by atoms with E-state index in [4.69, 9.17) is 4.74 Å². The number of anilines is 1. The SMILES string of the molecule is Cc1nnc(N2CC(C)OC(c3ccc(F)cc3)C2)s1. The van der Waals surface area contributed by atoms with Crippen LogP contribution in [0.2, 0.25) is 0 Å². The van der Waals surface area contributed by atoms with Gasteiger partial charge in [-0.3, -0.25) is 0 Å². The van der Waals surface area contributed by atoms with Crippen LogP contribution in [0.4, 0.5) is 9.52 Å². The average Bonchev–Trinajstić information content (AvgIpc) is 2.85. The second-order valence-corrected chi connectivity index (χ2v) is 6.16. The molecule has 106 valence electrons. The molecule has 20 heavy (non-hydrogen) atoms. The first-order valence-corrected chi connectivity index (χ1v) is 7.39. The Morgan fingerprint density at radius 2 is 2.00 bits per heavy atom. The summed E-state index contributed by atoms with van der Waals surface area (Å²) in [6.45, 7) is 5.50. The molecular formula is C14H16FN3OS. The number of benzene rings is 1. The second kappa shape index (κ2) is 5.46. The molecule has 2 aromatic rings. The van der Waals surface area contributed by atoms with Crippen LogP contribution in [-0.4, -0.2) is 29.4 Å². The topological polar surface area (TPSA) is 38.2 Å². The van der Waals surface area contributed by atoms with Crippen LogP contribution >= 0.6 is 11.3 Å². The van der Waals surface area contributed by atoms with Gasteiger partial charge in [-0.05, 0) is 31.5 Å². The van der Waals surface area contributed by atoms with Gasteiger partial charge in [0.15, 0.2) is 0 Å². The van der Waals surface area contributed by atoms with Gasteiger partial charge >= 0.3 is 0 Å². The highest BCUT2D eigenvalue weighted by Crippen LogP contribution is 2.30. The van der Waals surface area contributed by atoms with Gasteiger partial charge in [0.25, 0.3) is 0 Å². The molecule has 0 aliphatic carbocycles. The fraction of sp³-hybridized carbons (Fsp3) is 0.429. The van der Waals surface area contributed by atoms with Crippen molar-refractivity contribution in [2.75, 3.05) is 18.0 Å². The molecule has 6 heteroatoms. The summed E-state index contributed by atoms with van der Waals surface area (Å²) < 4.78 is 19.0. The molecule has 0 bridgehead atoms. The standard InChI is InChI=1S/C14H16FN3OS/c1-9-7-18(14-17-16-10(2)20-14)8-13(19-9)11-3-5-12(15)6-4-11/h3-6,9,13H,7-8H2,1-2H3. The molecule has 1 aromatic heterocycles. The van der Waals surface area contributed by atoms with Crippen LogP contribution in [0.25, 0.3) is 0 Å². The quantitative estimate of drug-likeness (QED) is 0.853. The van der Waals surface area contributed by atoms with E-state index in [0.717, 1.165) is 22.2 Å². The minimum absolute atomic E-state index is 0.0662. The molecular weight excluding hydrogens is 277 g/mol. The van der Waals surface area contributed by atoms with Gasteiger partial charge in [0.05, 0.1) is 12.6 Å². The van der Waals surface area contributed by atoms with Gasteiger partial charge in [-0.2, -0.15) is 0 Å². The zero-order valence-corrected chi connectivity index (χ0v) is 12.2. The molecule has 0 amide bonds. The maximum absolute atomic E-state index is 13.0. The van der Waals surface area contributed by atoms with E-state index in [1.807, 2.05) is 13.8 Å². The van der Waals surface area contributed by atoms with Crippen molar-refractivity contribution in [1.82, 2.24) is 10.2 Å². The Labute approximate surface area is 121 Å². The maximum atomic E-state index is 13.0. The van der Waals surface area contributed by atoms with E-state index in [9.17, 15) is 4.39 Å². The van der Waals surface area contributed by atoms with Crippen molar-refractivity contribution < 1.29 is 9.13 Å². The number of hydrogen-bond acceptors (Lipinski definition) is 5. The van der Waals surface area contributed by atoms with Crippen LogP contribution in [0.5, 0.6) is 0 Å². The van der Waals surface area contributed by atoms with Crippen LogP contribution in [0.1, 0.15) is 23.6 Å². The molecule has 2 unspecified atom stereocenters. The molecule has 0 N–H and O–H groups in total. The van der Waals surface area contributed by atoms with E-state index >= 15 is 0 Å². The van der Waals surface area contributed by atoms with Gasteiger partial charge in [0, 0.05) is 6.54 Å². The summed E-state index contributed by atoms with van der Waals surface area (Å²) in [7, 11) is 0. The van der Waals surface area contributed by atoms with Gasteiger partial charge in [0.1, 0.15) is 16.9 Å². The smallest absolute Gasteiger partial charge is 0.208 e. The van der Waals surface area contributed by atoms with E-state index < -0.39 is 0 Å². The molecule has 1 saturated heterocycles. The molecule has 4 nitrogen and oxygen atoms in total. The number of ether oxygens (including phenoxy) is 1. The molecule has 1 aliphatic heterocycles. The normalized spacial score (nSPS) is 23.1. The van der Waals surface area contributed by atoms with E-state index in [0.29, 0.717) is 6.54 Å². The third-order valence-electron chi connectivity index (χ3n) is 3.29. The Hall–Kier alpha value is -1.53. The lowest BCUT2D eigenvalue weighted by molar-refractivity contribution is -0.0174. The van der Waals surface area contributed by atoms with Crippen LogP contribution < -0.4 is 4.90 Å². The van der Waals surface area contributed by atoms with Crippen molar-refractivity contribution in [1.29, 1.82) is 0 Å². The molecule has 2 heterocycles. The monoisotopic (exact) mass is 293 g/mol. The Balaban J connectivity index is 1.81. The fourth-order valence-corrected chi connectivity index (χ4v) is 3.09. The summed E-state index contributed by atoms with van der Waals surface area (Å²) in [6.07, 6.45) is 0.0339. The molecule has 1 fully saturated rings. The molecule has 1 aliphatic rings. The number of aromatic nitrogens is 2. The number of morpholine rings is 1. The number of halogens is 1.